The summed E-state index contributed by atoms with van der Waals surface area (Å²) in [7, 11) is 0. The summed E-state index contributed by atoms with van der Waals surface area (Å²) in [6.07, 6.45) is 2.89. The molecule has 0 unspecified atom stereocenters. The number of carbonyl (C=O) groups is 1. The van der Waals surface area contributed by atoms with Gasteiger partial charge >= 0.3 is 5.69 Å². The van der Waals surface area contributed by atoms with E-state index in [0.717, 1.165) is 0 Å². The number of amides is 1. The lowest BCUT2D eigenvalue weighted by Crippen LogP contribution is -2.37. The lowest BCUT2D eigenvalue weighted by molar-refractivity contribution is 0.0942. The normalized spacial score (nSPS) is 9.90. The summed E-state index contributed by atoms with van der Waals surface area (Å²) in [4.78, 5) is 42.0. The topological polar surface area (TPSA) is 140 Å². The molecule has 21 heavy (non-hydrogen) atoms. The fourth-order valence-corrected chi connectivity index (χ4v) is 1.52. The Bertz CT molecular complexity index is 793. The zero-order valence-electron chi connectivity index (χ0n) is 10.6. The van der Waals surface area contributed by atoms with Crippen LogP contribution < -0.4 is 22.1 Å². The Kier molecular flexibility index (Phi) is 3.84. The van der Waals surface area contributed by atoms with Gasteiger partial charge in [-0.05, 0) is 12.1 Å². The van der Waals surface area contributed by atoms with Crippen LogP contribution in [0.1, 0.15) is 15.9 Å². The Morgan fingerprint density at radius 2 is 1.86 bits per heavy atom. The second kappa shape index (κ2) is 5.74. The second-order valence-electron chi connectivity index (χ2n) is 3.93. The summed E-state index contributed by atoms with van der Waals surface area (Å²) in [5, 5.41) is 9.53. The molecular weight excluding hydrogens is 278 g/mol. The first kappa shape index (κ1) is 14.1. The number of H-pyrrole nitrogens is 2. The highest BCUT2D eigenvalue weighted by Crippen LogP contribution is 2.11. The molecule has 9 nitrogen and oxygen atoms in total. The smallest absolute Gasteiger partial charge is 0.328 e. The van der Waals surface area contributed by atoms with E-state index in [2.05, 4.69) is 22.4 Å². The minimum absolute atomic E-state index is 0.0904. The third-order valence-electron chi connectivity index (χ3n) is 2.49. The van der Waals surface area contributed by atoms with Crippen molar-refractivity contribution in [1.29, 1.82) is 0 Å². The molecule has 5 N–H and O–H groups in total. The molecule has 9 heteroatoms. The lowest BCUT2D eigenvalue weighted by atomic mass is 10.2. The van der Waals surface area contributed by atoms with Crippen molar-refractivity contribution in [3.05, 3.63) is 63.1 Å². The van der Waals surface area contributed by atoms with Gasteiger partial charge in [0.2, 0.25) is 5.88 Å². The van der Waals surface area contributed by atoms with Crippen LogP contribution in [-0.4, -0.2) is 26.0 Å². The predicted octanol–water partition coefficient (Wildman–Crippen LogP) is -0.931. The number of carbonyl (C=O) groups excluding carboxylic acids is 1. The van der Waals surface area contributed by atoms with E-state index in [1.807, 2.05) is 9.97 Å². The molecule has 108 valence electrons. The second-order valence-corrected chi connectivity index (χ2v) is 3.93. The summed E-state index contributed by atoms with van der Waals surface area (Å²) in [5.41, 5.74) is 2.94. The first-order valence-corrected chi connectivity index (χ1v) is 5.70. The molecule has 2 heterocycles. The molecule has 2 rings (SSSR count). The van der Waals surface area contributed by atoms with E-state index >= 15 is 0 Å². The molecule has 0 saturated heterocycles. The minimum atomic E-state index is -0.852. The van der Waals surface area contributed by atoms with E-state index in [9.17, 15) is 19.5 Å². The van der Waals surface area contributed by atoms with Crippen LogP contribution >= 0.6 is 0 Å². The van der Waals surface area contributed by atoms with E-state index in [1.54, 1.807) is 0 Å². The number of nitrogens with one attached hydrogen (secondary N) is 4. The molecule has 0 spiro atoms. The van der Waals surface area contributed by atoms with E-state index in [1.165, 1.54) is 24.5 Å². The van der Waals surface area contributed by atoms with Crippen LogP contribution in [0.15, 0.2) is 40.7 Å². The average Bonchev–Trinajstić information content (AvgIpc) is 2.44. The zero-order chi connectivity index (χ0) is 15.4. The number of aromatic hydroxyl groups is 1. The van der Waals surface area contributed by atoms with E-state index in [-0.39, 0.29) is 11.3 Å². The number of aromatic amines is 2. The quantitative estimate of drug-likeness (QED) is 0.461. The molecule has 0 fully saturated rings. The predicted molar refractivity (Wildman–Crippen MR) is 73.2 cm³/mol. The first-order chi connectivity index (χ1) is 9.99. The summed E-state index contributed by atoms with van der Waals surface area (Å²) in [5.74, 6) is -1.14. The highest BCUT2D eigenvalue weighted by Gasteiger charge is 2.13. The maximum absolute atomic E-state index is 11.8. The van der Waals surface area contributed by atoms with Crippen molar-refractivity contribution in [2.24, 2.45) is 0 Å². The van der Waals surface area contributed by atoms with Crippen LogP contribution in [0, 0.1) is 0 Å². The highest BCUT2D eigenvalue weighted by molar-refractivity contribution is 5.94. The Labute approximate surface area is 117 Å². The van der Waals surface area contributed by atoms with Gasteiger partial charge in [0.25, 0.3) is 11.5 Å². The van der Waals surface area contributed by atoms with Gasteiger partial charge in [-0.3, -0.25) is 35.4 Å². The summed E-state index contributed by atoms with van der Waals surface area (Å²) < 4.78 is 0. The van der Waals surface area contributed by atoms with Gasteiger partial charge in [-0.25, -0.2) is 4.79 Å². The number of rotatable bonds is 4. The van der Waals surface area contributed by atoms with Crippen LogP contribution in [0.25, 0.3) is 5.70 Å². The first-order valence-electron chi connectivity index (χ1n) is 5.70. The molecule has 0 saturated carbocycles. The molecule has 0 aliphatic carbocycles. The lowest BCUT2D eigenvalue weighted by Gasteiger charge is -2.11. The number of hydrogen-bond donors (Lipinski definition) is 5. The monoisotopic (exact) mass is 289 g/mol. The molecule has 0 aromatic carbocycles. The number of nitrogens with zero attached hydrogens (tertiary/aromatic N) is 1. The molecule has 0 aliphatic heterocycles. The van der Waals surface area contributed by atoms with Crippen LogP contribution in [0.4, 0.5) is 0 Å². The van der Waals surface area contributed by atoms with Gasteiger partial charge in [0, 0.05) is 18.0 Å². The number of hydrogen-bond acceptors (Lipinski definition) is 6. The van der Waals surface area contributed by atoms with Gasteiger partial charge in [0.1, 0.15) is 5.56 Å². The van der Waals surface area contributed by atoms with Crippen molar-refractivity contribution in [3.8, 4) is 5.88 Å². The molecule has 0 radical (unpaired) electrons. The third-order valence-corrected chi connectivity index (χ3v) is 2.49. The van der Waals surface area contributed by atoms with Crippen molar-refractivity contribution in [1.82, 2.24) is 25.8 Å². The van der Waals surface area contributed by atoms with E-state index in [0.29, 0.717) is 5.56 Å². The molecule has 0 aliphatic rings. The van der Waals surface area contributed by atoms with Crippen molar-refractivity contribution < 1.29 is 9.90 Å². The van der Waals surface area contributed by atoms with Gasteiger partial charge in [-0.2, -0.15) is 0 Å². The Morgan fingerprint density at radius 3 is 2.48 bits per heavy atom. The third kappa shape index (κ3) is 3.15. The summed E-state index contributed by atoms with van der Waals surface area (Å²) in [6, 6.07) is 2.98. The van der Waals surface area contributed by atoms with Crippen molar-refractivity contribution in [3.63, 3.8) is 0 Å². The van der Waals surface area contributed by atoms with Gasteiger partial charge in [0.05, 0.1) is 5.70 Å². The summed E-state index contributed by atoms with van der Waals surface area (Å²) >= 11 is 0. The largest absolute Gasteiger partial charge is 0.494 e. The average molecular weight is 289 g/mol. The van der Waals surface area contributed by atoms with Crippen LogP contribution in [0.2, 0.25) is 0 Å². The van der Waals surface area contributed by atoms with Gasteiger partial charge in [-0.1, -0.05) is 6.58 Å². The fourth-order valence-electron chi connectivity index (χ4n) is 1.52. The number of pyridine rings is 1. The van der Waals surface area contributed by atoms with Gasteiger partial charge in [0.15, 0.2) is 0 Å². The van der Waals surface area contributed by atoms with Gasteiger partial charge < -0.3 is 5.11 Å². The standard InChI is InChI=1S/C12H11N5O4/c1-6(8-10(19)14-12(21)15-11(8)20)16-17-9(18)7-2-4-13-5-3-7/h2-5,16H,1H2,(H,17,18)(H3,14,15,19,20,21). The Morgan fingerprint density at radius 1 is 1.19 bits per heavy atom. The number of aromatic nitrogens is 3. The Balaban J connectivity index is 2.12. The zero-order valence-corrected chi connectivity index (χ0v) is 10.6. The Hall–Kier alpha value is -3.36. The minimum Gasteiger partial charge on any atom is -0.494 e. The van der Waals surface area contributed by atoms with E-state index in [4.69, 9.17) is 0 Å². The van der Waals surface area contributed by atoms with Crippen LogP contribution in [0.5, 0.6) is 5.88 Å². The molecule has 0 bridgehead atoms. The fraction of sp³-hybridized carbons (Fsp3) is 0. The molecule has 2 aromatic rings. The van der Waals surface area contributed by atoms with Crippen LogP contribution in [0.3, 0.4) is 0 Å². The van der Waals surface area contributed by atoms with Crippen LogP contribution in [-0.2, 0) is 0 Å². The highest BCUT2D eigenvalue weighted by atomic mass is 16.3. The van der Waals surface area contributed by atoms with E-state index < -0.39 is 23.0 Å². The van der Waals surface area contributed by atoms with Crippen molar-refractivity contribution in [2.45, 2.75) is 0 Å². The van der Waals surface area contributed by atoms with Crippen molar-refractivity contribution in [2.75, 3.05) is 0 Å². The maximum atomic E-state index is 11.8. The molecule has 0 atom stereocenters. The molecular formula is C12H11N5O4. The SMILES string of the molecule is C=C(NNC(=O)c1ccncc1)c1c(O)[nH]c(=O)[nH]c1=O. The number of hydrazine groups is 1. The summed E-state index contributed by atoms with van der Waals surface area (Å²) in [6.45, 7) is 3.50. The van der Waals surface area contributed by atoms with Gasteiger partial charge in [-0.15, -0.1) is 0 Å². The maximum Gasteiger partial charge on any atom is 0.328 e. The molecule has 1 amide bonds. The van der Waals surface area contributed by atoms with Crippen molar-refractivity contribution >= 4 is 11.6 Å². The molecule has 2 aromatic heterocycles.